The molecule has 0 saturated carbocycles. The molecule has 0 heterocycles. The fraction of sp³-hybridized carbons (Fsp3) is 0.0617. The Bertz CT molecular complexity index is 4620. The van der Waals surface area contributed by atoms with E-state index in [9.17, 15) is 0 Å². The molecule has 0 fully saturated rings. The van der Waals surface area contributed by atoms with E-state index in [0.29, 0.717) is 67.8 Å². The molecule has 9 heteroatoms. The molecule has 0 aromatic heterocycles. The highest BCUT2D eigenvalue weighted by molar-refractivity contribution is 5.93. The second-order valence-corrected chi connectivity index (χ2v) is 23.6. The molecule has 90 heavy (non-hydrogen) atoms. The number of halogens is 6. The average Bonchev–Trinajstić information content (AvgIpc) is 1.52. The first kappa shape index (κ1) is 55.7. The zero-order valence-corrected chi connectivity index (χ0v) is 48.8. The molecule has 12 aromatic rings. The molecule has 0 amide bonds. The summed E-state index contributed by atoms with van der Waals surface area (Å²) in [6, 6.07) is 76.4. The van der Waals surface area contributed by atoms with Crippen molar-refractivity contribution in [3.63, 3.8) is 0 Å². The topological polar surface area (TPSA) is 21.7 Å². The van der Waals surface area contributed by atoms with Gasteiger partial charge in [-0.15, -0.1) is 0 Å². The van der Waals surface area contributed by atoms with Crippen molar-refractivity contribution in [3.05, 3.63) is 364 Å². The number of ether oxygens (including phenoxy) is 2. The Morgan fingerprint density at radius 1 is 0.311 bits per heavy atom. The fourth-order valence-corrected chi connectivity index (χ4v) is 14.4. The van der Waals surface area contributed by atoms with E-state index in [1.54, 1.807) is 12.2 Å². The maximum Gasteiger partial charge on any atom is 0.194 e. The minimum absolute atomic E-state index is 0.153. The maximum atomic E-state index is 16.2. The number of benzene rings is 12. The number of fused-ring (bicyclic) bond motifs is 9. The van der Waals surface area contributed by atoms with Crippen LogP contribution in [-0.4, -0.2) is 0 Å². The standard InChI is InChI=1S/C81H53F6NO2/c1-5-48-19-30-57(31-20-48)89-59-34-23-50(24-35-59)80(52-41-73(82)77(86)74(83)42-52)68-17-11-8-14-62(68)65-39-28-55(46-71(65)80)88(54-27-38-64-61-13-7-10-16-67(61)79(3,4)70(64)45-54)56-29-40-66-63-15-9-12-18-69(63)81(72(66)47-56,53-43-75(84)78(87)76(85)44-53)51-25-36-60(37-26-51)90-58-32-21-49(6-2)22-33-58/h5-47H,1-2H2,3-4H3. The van der Waals surface area contributed by atoms with Gasteiger partial charge in [-0.1, -0.05) is 179 Å². The fourth-order valence-electron chi connectivity index (χ4n) is 14.4. The van der Waals surface area contributed by atoms with Gasteiger partial charge in [-0.3, -0.25) is 0 Å². The van der Waals surface area contributed by atoms with E-state index >= 15 is 26.3 Å². The lowest BCUT2D eigenvalue weighted by molar-refractivity contribution is 0.443. The normalized spacial score (nSPS) is 16.0. The minimum atomic E-state index is -1.59. The van der Waals surface area contributed by atoms with Gasteiger partial charge in [0.25, 0.3) is 0 Å². The first-order chi connectivity index (χ1) is 43.7. The van der Waals surface area contributed by atoms with Crippen molar-refractivity contribution in [3.8, 4) is 56.4 Å². The van der Waals surface area contributed by atoms with Gasteiger partial charge < -0.3 is 14.4 Å². The summed E-state index contributed by atoms with van der Waals surface area (Å²) >= 11 is 0. The van der Waals surface area contributed by atoms with Crippen LogP contribution < -0.4 is 14.4 Å². The second-order valence-electron chi connectivity index (χ2n) is 23.6. The smallest absolute Gasteiger partial charge is 0.194 e. The zero-order valence-electron chi connectivity index (χ0n) is 48.8. The van der Waals surface area contributed by atoms with Gasteiger partial charge >= 0.3 is 0 Å². The van der Waals surface area contributed by atoms with Gasteiger partial charge in [0.15, 0.2) is 34.9 Å². The van der Waals surface area contributed by atoms with Crippen LogP contribution in [0.4, 0.5) is 43.4 Å². The highest BCUT2D eigenvalue weighted by Gasteiger charge is 2.50. The van der Waals surface area contributed by atoms with Gasteiger partial charge in [-0.25, -0.2) is 26.3 Å². The lowest BCUT2D eigenvalue weighted by Gasteiger charge is -2.36. The van der Waals surface area contributed by atoms with Crippen LogP contribution >= 0.6 is 0 Å². The lowest BCUT2D eigenvalue weighted by atomic mass is 9.67. The Morgan fingerprint density at radius 2 is 0.611 bits per heavy atom. The number of rotatable bonds is 13. The summed E-state index contributed by atoms with van der Waals surface area (Å²) in [5.41, 5.74) is 12.4. The molecule has 3 nitrogen and oxygen atoms in total. The predicted molar refractivity (Wildman–Crippen MR) is 346 cm³/mol. The molecule has 0 N–H and O–H groups in total. The molecule has 0 bridgehead atoms. The van der Waals surface area contributed by atoms with Gasteiger partial charge in [0.2, 0.25) is 0 Å². The van der Waals surface area contributed by atoms with Crippen molar-refractivity contribution < 1.29 is 35.8 Å². The predicted octanol–water partition coefficient (Wildman–Crippen LogP) is 21.9. The van der Waals surface area contributed by atoms with E-state index in [2.05, 4.69) is 62.2 Å². The van der Waals surface area contributed by atoms with Crippen molar-refractivity contribution in [2.75, 3.05) is 4.90 Å². The van der Waals surface area contributed by atoms with Crippen molar-refractivity contribution in [1.82, 2.24) is 0 Å². The molecule has 0 saturated heterocycles. The van der Waals surface area contributed by atoms with Crippen molar-refractivity contribution >= 4 is 29.2 Å². The van der Waals surface area contributed by atoms with E-state index in [0.717, 1.165) is 80.0 Å². The van der Waals surface area contributed by atoms with Crippen LogP contribution in [0.5, 0.6) is 23.0 Å². The summed E-state index contributed by atoms with van der Waals surface area (Å²) in [4.78, 5) is 2.13. The minimum Gasteiger partial charge on any atom is -0.457 e. The van der Waals surface area contributed by atoms with E-state index in [4.69, 9.17) is 9.47 Å². The van der Waals surface area contributed by atoms with E-state index in [-0.39, 0.29) is 11.1 Å². The third-order valence-electron chi connectivity index (χ3n) is 18.5. The molecular weight excluding hydrogens is 1130 g/mol. The molecule has 0 aliphatic heterocycles. The van der Waals surface area contributed by atoms with Gasteiger partial charge in [0.05, 0.1) is 10.8 Å². The number of hydrogen-bond donors (Lipinski definition) is 0. The van der Waals surface area contributed by atoms with Gasteiger partial charge in [-0.05, 0) is 209 Å². The maximum absolute atomic E-state index is 16.2. The Kier molecular flexibility index (Phi) is 13.1. The zero-order chi connectivity index (χ0) is 61.8. The monoisotopic (exact) mass is 1190 g/mol. The van der Waals surface area contributed by atoms with Crippen LogP contribution in [0.2, 0.25) is 0 Å². The van der Waals surface area contributed by atoms with Crippen LogP contribution in [0, 0.1) is 34.9 Å². The SMILES string of the molecule is C=Cc1ccc(Oc2ccc(C3(c4cc(F)c(F)c(F)c4)c4ccccc4-c4ccc(N(c5ccc6c(c5)C(C)(C)c5ccccc5-6)c5ccc6c(c5)C(c5ccc(Oc7ccc(C=C)cc7)cc5)(c5cc(F)c(F)c(F)c5)c5ccccc5-6)cc43)cc2)cc1. The number of anilines is 3. The quantitative estimate of drug-likeness (QED) is 0.0848. The molecule has 15 rings (SSSR count). The molecule has 3 aliphatic carbocycles. The van der Waals surface area contributed by atoms with Crippen molar-refractivity contribution in [2.45, 2.75) is 30.1 Å². The molecule has 3 aliphatic rings. The third kappa shape index (κ3) is 8.51. The van der Waals surface area contributed by atoms with Crippen LogP contribution in [0.3, 0.4) is 0 Å². The summed E-state index contributed by atoms with van der Waals surface area (Å²) in [5, 5.41) is 0. The molecule has 2 unspecified atom stereocenters. The molecule has 436 valence electrons. The molecule has 0 spiro atoms. The van der Waals surface area contributed by atoms with Gasteiger partial charge in [0, 0.05) is 22.5 Å². The van der Waals surface area contributed by atoms with Crippen molar-refractivity contribution in [1.29, 1.82) is 0 Å². The van der Waals surface area contributed by atoms with Gasteiger partial charge in [0.1, 0.15) is 23.0 Å². The molecule has 12 aromatic carbocycles. The average molecular weight is 1190 g/mol. The highest BCUT2D eigenvalue weighted by atomic mass is 19.2. The van der Waals surface area contributed by atoms with E-state index < -0.39 is 51.1 Å². The first-order valence-electron chi connectivity index (χ1n) is 29.6. The Morgan fingerprint density at radius 3 is 0.978 bits per heavy atom. The molecule has 2 atom stereocenters. The number of nitrogens with zero attached hydrogens (tertiary/aromatic N) is 1. The molecular formula is C81H53F6NO2. The first-order valence-corrected chi connectivity index (χ1v) is 29.6. The summed E-state index contributed by atoms with van der Waals surface area (Å²) in [6.07, 6.45) is 3.49. The van der Waals surface area contributed by atoms with Crippen LogP contribution in [0.25, 0.3) is 45.5 Å². The Labute approximate surface area is 517 Å². The summed E-state index contributed by atoms with van der Waals surface area (Å²) in [7, 11) is 0. The van der Waals surface area contributed by atoms with E-state index in [1.165, 1.54) is 5.56 Å². The van der Waals surface area contributed by atoms with Gasteiger partial charge in [-0.2, -0.15) is 0 Å². The van der Waals surface area contributed by atoms with Crippen LogP contribution in [-0.2, 0) is 16.2 Å². The Hall–Kier alpha value is -10.9. The third-order valence-corrected chi connectivity index (χ3v) is 18.5. The highest BCUT2D eigenvalue weighted by Crippen LogP contribution is 2.61. The van der Waals surface area contributed by atoms with Crippen LogP contribution in [0.15, 0.2) is 262 Å². The number of hydrogen-bond acceptors (Lipinski definition) is 3. The summed E-state index contributed by atoms with van der Waals surface area (Å²) < 4.78 is 108. The van der Waals surface area contributed by atoms with Crippen molar-refractivity contribution in [2.24, 2.45) is 0 Å². The summed E-state index contributed by atoms with van der Waals surface area (Å²) in [5.74, 6) is -6.38. The largest absolute Gasteiger partial charge is 0.457 e. The Balaban J connectivity index is 0.972. The second kappa shape index (κ2) is 21.2. The molecule has 0 radical (unpaired) electrons. The lowest BCUT2D eigenvalue weighted by Crippen LogP contribution is -2.30. The van der Waals surface area contributed by atoms with E-state index in [1.807, 2.05) is 194 Å². The van der Waals surface area contributed by atoms with Crippen LogP contribution in [0.1, 0.15) is 80.6 Å². The summed E-state index contributed by atoms with van der Waals surface area (Å²) in [6.45, 7) is 12.1.